The number of nitrogens with one attached hydrogen (secondary N) is 2. The topological polar surface area (TPSA) is 42.5 Å². The van der Waals surface area contributed by atoms with E-state index in [1.807, 2.05) is 0 Å². The summed E-state index contributed by atoms with van der Waals surface area (Å²) < 4.78 is 12.1. The van der Waals surface area contributed by atoms with Crippen molar-refractivity contribution in [3.05, 3.63) is 18.2 Å². The van der Waals surface area contributed by atoms with E-state index in [0.717, 1.165) is 29.9 Å². The first-order valence-electron chi connectivity index (χ1n) is 6.86. The molecule has 1 aromatic carbocycles. The van der Waals surface area contributed by atoms with Crippen LogP contribution in [0.2, 0.25) is 0 Å². The molecule has 2 N–H and O–H groups in total. The van der Waals surface area contributed by atoms with E-state index in [0.29, 0.717) is 0 Å². The summed E-state index contributed by atoms with van der Waals surface area (Å²) in [6.07, 6.45) is 0. The predicted octanol–water partition coefficient (Wildman–Crippen LogP) is 1.82. The lowest BCUT2D eigenvalue weighted by Gasteiger charge is -2.32. The Morgan fingerprint density at radius 2 is 1.53 bits per heavy atom. The number of fused-ring (bicyclic) bond motifs is 1. The van der Waals surface area contributed by atoms with Crippen LogP contribution in [0.5, 0.6) is 0 Å². The number of hydrogen-bond acceptors (Lipinski definition) is 4. The Kier molecular flexibility index (Phi) is 2.80. The minimum absolute atomic E-state index is 0.292. The van der Waals surface area contributed by atoms with Crippen molar-refractivity contribution >= 4 is 24.0 Å². The van der Waals surface area contributed by atoms with Gasteiger partial charge in [-0.05, 0) is 45.3 Å². The number of benzene rings is 1. The SMILES string of the molecule is CC1(C)OB(c2ccc3c(c2)NCCN3)OC1(C)C. The van der Waals surface area contributed by atoms with Gasteiger partial charge >= 0.3 is 7.12 Å². The summed E-state index contributed by atoms with van der Waals surface area (Å²) in [6.45, 7) is 10.2. The van der Waals surface area contributed by atoms with E-state index in [9.17, 15) is 0 Å². The maximum atomic E-state index is 6.07. The van der Waals surface area contributed by atoms with Gasteiger partial charge in [0, 0.05) is 13.1 Å². The number of anilines is 2. The van der Waals surface area contributed by atoms with Gasteiger partial charge in [-0.1, -0.05) is 6.07 Å². The Balaban J connectivity index is 1.88. The van der Waals surface area contributed by atoms with E-state index in [1.165, 1.54) is 0 Å². The quantitative estimate of drug-likeness (QED) is 0.756. The molecule has 0 radical (unpaired) electrons. The zero-order chi connectivity index (χ0) is 13.7. The smallest absolute Gasteiger partial charge is 0.399 e. The highest BCUT2D eigenvalue weighted by Gasteiger charge is 2.51. The molecule has 0 aromatic heterocycles. The van der Waals surface area contributed by atoms with Crippen molar-refractivity contribution in [1.82, 2.24) is 0 Å². The van der Waals surface area contributed by atoms with Crippen molar-refractivity contribution in [2.45, 2.75) is 38.9 Å². The first kappa shape index (κ1) is 12.8. The monoisotopic (exact) mass is 260 g/mol. The standard InChI is InChI=1S/C14H21BN2O2/c1-13(2)14(3,4)19-15(18-13)10-5-6-11-12(9-10)17-8-7-16-11/h5-6,9,16-17H,7-8H2,1-4H3. The summed E-state index contributed by atoms with van der Waals surface area (Å²) in [5.41, 5.74) is 2.75. The van der Waals surface area contributed by atoms with Crippen LogP contribution >= 0.6 is 0 Å². The first-order valence-corrected chi connectivity index (χ1v) is 6.86. The lowest BCUT2D eigenvalue weighted by molar-refractivity contribution is 0.00578. The fraction of sp³-hybridized carbons (Fsp3) is 0.571. The fourth-order valence-corrected chi connectivity index (χ4v) is 2.38. The van der Waals surface area contributed by atoms with E-state index in [1.54, 1.807) is 0 Å². The molecule has 4 nitrogen and oxygen atoms in total. The molecule has 2 aliphatic heterocycles. The highest BCUT2D eigenvalue weighted by Crippen LogP contribution is 2.37. The highest BCUT2D eigenvalue weighted by atomic mass is 16.7. The molecule has 0 aliphatic carbocycles. The molecule has 1 aromatic rings. The van der Waals surface area contributed by atoms with Crippen LogP contribution < -0.4 is 16.1 Å². The average molecular weight is 260 g/mol. The Morgan fingerprint density at radius 3 is 2.16 bits per heavy atom. The summed E-state index contributed by atoms with van der Waals surface area (Å²) in [6, 6.07) is 6.27. The highest BCUT2D eigenvalue weighted by molar-refractivity contribution is 6.62. The molecule has 5 heteroatoms. The van der Waals surface area contributed by atoms with Gasteiger partial charge in [0.25, 0.3) is 0 Å². The van der Waals surface area contributed by atoms with Crippen molar-refractivity contribution < 1.29 is 9.31 Å². The third-order valence-corrected chi connectivity index (χ3v) is 4.32. The van der Waals surface area contributed by atoms with E-state index >= 15 is 0 Å². The Labute approximate surface area is 115 Å². The second kappa shape index (κ2) is 4.15. The molecule has 0 spiro atoms. The van der Waals surface area contributed by atoms with Gasteiger partial charge in [0.05, 0.1) is 22.6 Å². The lowest BCUT2D eigenvalue weighted by atomic mass is 9.78. The Hall–Kier alpha value is -1.20. The zero-order valence-electron chi connectivity index (χ0n) is 12.0. The van der Waals surface area contributed by atoms with Gasteiger partial charge in [0.1, 0.15) is 0 Å². The van der Waals surface area contributed by atoms with Crippen molar-refractivity contribution in [3.8, 4) is 0 Å². The van der Waals surface area contributed by atoms with Gasteiger partial charge in [0.2, 0.25) is 0 Å². The van der Waals surface area contributed by atoms with Crippen LogP contribution in [0.3, 0.4) is 0 Å². The van der Waals surface area contributed by atoms with Crippen LogP contribution in [0.25, 0.3) is 0 Å². The molecule has 0 saturated carbocycles. The van der Waals surface area contributed by atoms with Crippen molar-refractivity contribution in [2.75, 3.05) is 23.7 Å². The second-order valence-corrected chi connectivity index (χ2v) is 6.25. The minimum Gasteiger partial charge on any atom is -0.399 e. The van der Waals surface area contributed by atoms with Crippen LogP contribution in [0.15, 0.2) is 18.2 Å². The zero-order valence-corrected chi connectivity index (χ0v) is 12.0. The molecule has 102 valence electrons. The van der Waals surface area contributed by atoms with Gasteiger partial charge in [-0.15, -0.1) is 0 Å². The molecule has 1 fully saturated rings. The van der Waals surface area contributed by atoms with Crippen molar-refractivity contribution in [2.24, 2.45) is 0 Å². The van der Waals surface area contributed by atoms with E-state index in [2.05, 4.69) is 56.5 Å². The maximum Gasteiger partial charge on any atom is 0.494 e. The predicted molar refractivity (Wildman–Crippen MR) is 79.1 cm³/mol. The van der Waals surface area contributed by atoms with Crippen LogP contribution in [0.1, 0.15) is 27.7 Å². The van der Waals surface area contributed by atoms with Crippen LogP contribution in [-0.2, 0) is 9.31 Å². The number of hydrogen-bond donors (Lipinski definition) is 2. The third-order valence-electron chi connectivity index (χ3n) is 4.32. The van der Waals surface area contributed by atoms with Crippen LogP contribution in [0, 0.1) is 0 Å². The van der Waals surface area contributed by atoms with Crippen LogP contribution in [-0.4, -0.2) is 31.4 Å². The van der Waals surface area contributed by atoms with Crippen molar-refractivity contribution in [3.63, 3.8) is 0 Å². The molecule has 2 aliphatic rings. The van der Waals surface area contributed by atoms with E-state index in [-0.39, 0.29) is 18.3 Å². The Morgan fingerprint density at radius 1 is 0.947 bits per heavy atom. The summed E-state index contributed by atoms with van der Waals surface area (Å²) in [5, 5.41) is 6.76. The van der Waals surface area contributed by atoms with Gasteiger partial charge in [-0.25, -0.2) is 0 Å². The average Bonchev–Trinajstić information content (AvgIpc) is 2.58. The fourth-order valence-electron chi connectivity index (χ4n) is 2.38. The molecule has 0 bridgehead atoms. The maximum absolute atomic E-state index is 6.07. The number of rotatable bonds is 1. The summed E-state index contributed by atoms with van der Waals surface area (Å²) in [7, 11) is -0.293. The summed E-state index contributed by atoms with van der Waals surface area (Å²) >= 11 is 0. The molecule has 0 atom stereocenters. The molecule has 1 saturated heterocycles. The van der Waals surface area contributed by atoms with Gasteiger partial charge in [-0.3, -0.25) is 0 Å². The lowest BCUT2D eigenvalue weighted by Crippen LogP contribution is -2.41. The van der Waals surface area contributed by atoms with Gasteiger partial charge in [-0.2, -0.15) is 0 Å². The molecule has 0 amide bonds. The summed E-state index contributed by atoms with van der Waals surface area (Å²) in [4.78, 5) is 0. The normalized spacial score (nSPS) is 23.5. The van der Waals surface area contributed by atoms with Gasteiger partial charge in [0.15, 0.2) is 0 Å². The third kappa shape index (κ3) is 2.11. The Bertz CT molecular complexity index is 486. The molecular formula is C14H21BN2O2. The van der Waals surface area contributed by atoms with Crippen LogP contribution in [0.4, 0.5) is 11.4 Å². The molecular weight excluding hydrogens is 239 g/mol. The molecule has 19 heavy (non-hydrogen) atoms. The second-order valence-electron chi connectivity index (χ2n) is 6.25. The van der Waals surface area contributed by atoms with E-state index in [4.69, 9.17) is 9.31 Å². The molecule has 2 heterocycles. The van der Waals surface area contributed by atoms with Crippen molar-refractivity contribution in [1.29, 1.82) is 0 Å². The molecule has 0 unspecified atom stereocenters. The minimum atomic E-state index is -0.293. The largest absolute Gasteiger partial charge is 0.494 e. The van der Waals surface area contributed by atoms with E-state index < -0.39 is 0 Å². The summed E-state index contributed by atoms with van der Waals surface area (Å²) in [5.74, 6) is 0. The molecule has 3 rings (SSSR count). The van der Waals surface area contributed by atoms with Gasteiger partial charge < -0.3 is 19.9 Å². The first-order chi connectivity index (χ1) is 8.89.